The number of rotatable bonds is 76. The summed E-state index contributed by atoms with van der Waals surface area (Å²) in [5.74, 6) is -0.00924. The summed E-state index contributed by atoms with van der Waals surface area (Å²) in [5, 5.41) is 23.5. The first-order valence-electron chi connectivity index (χ1n) is 39.9. The van der Waals surface area contributed by atoms with Crippen molar-refractivity contribution in [3.63, 3.8) is 0 Å². The van der Waals surface area contributed by atoms with Crippen molar-refractivity contribution >= 4 is 11.9 Å². The van der Waals surface area contributed by atoms with E-state index in [1.54, 1.807) is 0 Å². The summed E-state index contributed by atoms with van der Waals surface area (Å²) >= 11 is 0. The van der Waals surface area contributed by atoms with Crippen molar-refractivity contribution in [1.82, 2.24) is 5.32 Å². The quantitative estimate of drug-likeness (QED) is 0.0320. The van der Waals surface area contributed by atoms with Crippen molar-refractivity contribution in [2.75, 3.05) is 13.2 Å². The number of nitrogens with one attached hydrogen (secondary N) is 1. The maximum atomic E-state index is 12.6. The number of hydrogen-bond donors (Lipinski definition) is 3. The van der Waals surface area contributed by atoms with Crippen LogP contribution >= 0.6 is 0 Å². The minimum absolute atomic E-state index is 0.0177. The molecule has 0 fully saturated rings. The van der Waals surface area contributed by atoms with Crippen LogP contribution in [0.4, 0.5) is 0 Å². The van der Waals surface area contributed by atoms with Crippen LogP contribution in [0.3, 0.4) is 0 Å². The van der Waals surface area contributed by atoms with Crippen LogP contribution in [-0.2, 0) is 14.3 Å². The SMILES string of the molecule is CCCCCCCC/C=C\CCCCCCCCCCCC(=O)OCCCCCCCCCCCCCCCCCCCCCCCCCCCC(=O)NC(CO)C(O)CCCCCCCCCCCCCCCCCCCCCCCCCCC. The predicted molar refractivity (Wildman–Crippen MR) is 380 cm³/mol. The van der Waals surface area contributed by atoms with Gasteiger partial charge in [0, 0.05) is 12.8 Å². The molecule has 0 aromatic carbocycles. The van der Waals surface area contributed by atoms with Crippen molar-refractivity contribution in [3.05, 3.63) is 12.2 Å². The highest BCUT2D eigenvalue weighted by Crippen LogP contribution is 2.20. The van der Waals surface area contributed by atoms with Crippen LogP contribution in [0.1, 0.15) is 463 Å². The molecule has 6 nitrogen and oxygen atoms in total. The fraction of sp³-hybridized carbons (Fsp3) is 0.950. The van der Waals surface area contributed by atoms with Crippen molar-refractivity contribution < 1.29 is 24.5 Å². The van der Waals surface area contributed by atoms with Gasteiger partial charge in [0.05, 0.1) is 25.4 Å². The molecule has 0 aliphatic carbocycles. The Balaban J connectivity index is 3.35. The van der Waals surface area contributed by atoms with Gasteiger partial charge in [-0.15, -0.1) is 0 Å². The van der Waals surface area contributed by atoms with Gasteiger partial charge in [0.1, 0.15) is 0 Å². The van der Waals surface area contributed by atoms with E-state index in [2.05, 4.69) is 31.3 Å². The number of carbonyl (C=O) groups is 2. The van der Waals surface area contributed by atoms with E-state index in [9.17, 15) is 19.8 Å². The number of unbranched alkanes of at least 4 members (excludes halogenated alkanes) is 63. The minimum Gasteiger partial charge on any atom is -0.466 e. The van der Waals surface area contributed by atoms with Gasteiger partial charge in [0.15, 0.2) is 0 Å². The first-order valence-corrected chi connectivity index (χ1v) is 39.9. The van der Waals surface area contributed by atoms with Crippen molar-refractivity contribution in [2.45, 2.75) is 475 Å². The fourth-order valence-corrected chi connectivity index (χ4v) is 13.0. The summed E-state index contributed by atoms with van der Waals surface area (Å²) in [5.41, 5.74) is 0. The Hall–Kier alpha value is -1.40. The molecule has 1 amide bonds. The molecule has 512 valence electrons. The Labute approximate surface area is 539 Å². The second-order valence-corrected chi connectivity index (χ2v) is 27.8. The Morgan fingerprint density at radius 1 is 0.314 bits per heavy atom. The number of aliphatic hydroxyl groups is 2. The second-order valence-electron chi connectivity index (χ2n) is 27.8. The highest BCUT2D eigenvalue weighted by Gasteiger charge is 2.20. The molecule has 86 heavy (non-hydrogen) atoms. The number of ether oxygens (including phenoxy) is 1. The van der Waals surface area contributed by atoms with Crippen molar-refractivity contribution in [3.8, 4) is 0 Å². The third-order valence-electron chi connectivity index (χ3n) is 19.1. The van der Waals surface area contributed by atoms with E-state index in [-0.39, 0.29) is 18.5 Å². The lowest BCUT2D eigenvalue weighted by atomic mass is 10.0. The van der Waals surface area contributed by atoms with Crippen LogP contribution in [0.25, 0.3) is 0 Å². The van der Waals surface area contributed by atoms with Crippen molar-refractivity contribution in [1.29, 1.82) is 0 Å². The highest BCUT2D eigenvalue weighted by atomic mass is 16.5. The molecule has 0 heterocycles. The summed E-state index contributed by atoms with van der Waals surface area (Å²) in [6.45, 7) is 5.01. The first kappa shape index (κ1) is 84.6. The van der Waals surface area contributed by atoms with E-state index in [0.717, 1.165) is 38.5 Å². The third-order valence-corrected chi connectivity index (χ3v) is 19.1. The normalized spacial score (nSPS) is 12.5. The molecule has 0 bridgehead atoms. The van der Waals surface area contributed by atoms with Gasteiger partial charge in [-0.1, -0.05) is 411 Å². The van der Waals surface area contributed by atoms with Crippen LogP contribution in [0, 0.1) is 0 Å². The van der Waals surface area contributed by atoms with E-state index in [1.807, 2.05) is 0 Å². The Bertz CT molecular complexity index is 1300. The second kappa shape index (κ2) is 76.1. The standard InChI is InChI=1S/C80H157NO5/c1-3-5-7-9-11-13-15-17-19-21-23-24-25-27-30-33-37-40-44-48-52-56-60-64-68-72-78(83)77(76-82)81-79(84)73-69-65-61-57-53-49-45-41-38-34-31-28-26-29-32-35-39-43-47-51-55-59-63-67-71-75-86-80(85)74-70-66-62-58-54-50-46-42-36-22-20-18-16-14-12-10-8-6-4-2/h18,20,77-78,82-83H,3-17,19,21-76H2,1-2H3,(H,81,84)/b20-18-. The van der Waals surface area contributed by atoms with Gasteiger partial charge in [-0.3, -0.25) is 9.59 Å². The maximum absolute atomic E-state index is 12.6. The fourth-order valence-electron chi connectivity index (χ4n) is 13.0. The zero-order valence-corrected chi connectivity index (χ0v) is 58.8. The highest BCUT2D eigenvalue weighted by molar-refractivity contribution is 5.76. The summed E-state index contributed by atoms with van der Waals surface area (Å²) in [6, 6.07) is -0.541. The molecule has 0 radical (unpaired) electrons. The molecule has 3 N–H and O–H groups in total. The minimum atomic E-state index is -0.664. The third kappa shape index (κ3) is 71.7. The summed E-state index contributed by atoms with van der Waals surface area (Å²) in [4.78, 5) is 24.7. The van der Waals surface area contributed by atoms with Crippen LogP contribution in [0.5, 0.6) is 0 Å². The van der Waals surface area contributed by atoms with Gasteiger partial charge in [0.25, 0.3) is 0 Å². The molecule has 0 aliphatic rings. The van der Waals surface area contributed by atoms with E-state index in [4.69, 9.17) is 4.74 Å². The predicted octanol–water partition coefficient (Wildman–Crippen LogP) is 26.3. The molecular weight excluding hydrogens is 1050 g/mol. The number of hydrogen-bond acceptors (Lipinski definition) is 5. The molecule has 2 unspecified atom stereocenters. The molecule has 0 rings (SSSR count). The lowest BCUT2D eigenvalue weighted by molar-refractivity contribution is -0.143. The van der Waals surface area contributed by atoms with E-state index < -0.39 is 12.1 Å². The number of aliphatic hydroxyl groups excluding tert-OH is 2. The van der Waals surface area contributed by atoms with Crippen molar-refractivity contribution in [2.24, 2.45) is 0 Å². The molecule has 0 aromatic rings. The number of allylic oxidation sites excluding steroid dienone is 2. The molecule has 0 aliphatic heterocycles. The zero-order chi connectivity index (χ0) is 62.0. The average molecular weight is 1210 g/mol. The summed E-state index contributed by atoms with van der Waals surface area (Å²) in [6.07, 6.45) is 95.8. The molecule has 0 saturated heterocycles. The lowest BCUT2D eigenvalue weighted by Gasteiger charge is -2.22. The zero-order valence-electron chi connectivity index (χ0n) is 58.8. The van der Waals surface area contributed by atoms with Gasteiger partial charge >= 0.3 is 5.97 Å². The molecule has 0 spiro atoms. The van der Waals surface area contributed by atoms with Crippen LogP contribution in [0.15, 0.2) is 12.2 Å². The van der Waals surface area contributed by atoms with E-state index in [0.29, 0.717) is 25.9 Å². The van der Waals surface area contributed by atoms with Gasteiger partial charge in [-0.25, -0.2) is 0 Å². The number of esters is 1. The van der Waals surface area contributed by atoms with E-state index >= 15 is 0 Å². The largest absolute Gasteiger partial charge is 0.466 e. The summed E-state index contributed by atoms with van der Waals surface area (Å²) in [7, 11) is 0. The first-order chi connectivity index (χ1) is 42.5. The number of amides is 1. The van der Waals surface area contributed by atoms with Gasteiger partial charge in [-0.2, -0.15) is 0 Å². The smallest absolute Gasteiger partial charge is 0.305 e. The molecule has 2 atom stereocenters. The Morgan fingerprint density at radius 2 is 0.547 bits per heavy atom. The van der Waals surface area contributed by atoms with Gasteiger partial charge < -0.3 is 20.3 Å². The molecule has 6 heteroatoms. The van der Waals surface area contributed by atoms with Crippen LogP contribution in [-0.4, -0.2) is 47.4 Å². The molecule has 0 aromatic heterocycles. The number of carbonyl (C=O) groups excluding carboxylic acids is 2. The molecular formula is C80H157NO5. The topological polar surface area (TPSA) is 95.9 Å². The van der Waals surface area contributed by atoms with Crippen LogP contribution < -0.4 is 5.32 Å². The lowest BCUT2D eigenvalue weighted by Crippen LogP contribution is -2.45. The summed E-state index contributed by atoms with van der Waals surface area (Å²) < 4.78 is 5.52. The maximum Gasteiger partial charge on any atom is 0.305 e. The van der Waals surface area contributed by atoms with Gasteiger partial charge in [-0.05, 0) is 51.4 Å². The van der Waals surface area contributed by atoms with E-state index in [1.165, 1.54) is 392 Å². The average Bonchev–Trinajstić information content (AvgIpc) is 3.53. The van der Waals surface area contributed by atoms with Gasteiger partial charge in [0.2, 0.25) is 5.91 Å². The monoisotopic (exact) mass is 1210 g/mol. The molecule has 0 saturated carbocycles. The Kier molecular flexibility index (Phi) is 74.8. The Morgan fingerprint density at radius 3 is 0.826 bits per heavy atom. The van der Waals surface area contributed by atoms with Crippen LogP contribution in [0.2, 0.25) is 0 Å².